The second-order valence-electron chi connectivity index (χ2n) is 6.19. The van der Waals surface area contributed by atoms with Gasteiger partial charge in [0.25, 0.3) is 11.8 Å². The largest absolute Gasteiger partial charge is 0.345 e. The minimum atomic E-state index is -0.261. The smallest absolute Gasteiger partial charge is 0.257 e. The number of carbonyl (C=O) groups is 2. The highest BCUT2D eigenvalue weighted by molar-refractivity contribution is 6.31. The van der Waals surface area contributed by atoms with Crippen molar-refractivity contribution in [3.8, 4) is 0 Å². The zero-order valence-corrected chi connectivity index (χ0v) is 15.5. The third-order valence-corrected chi connectivity index (χ3v) is 4.24. The first kappa shape index (κ1) is 17.9. The molecule has 0 radical (unpaired) electrons. The Labute approximate surface area is 156 Å². The fraction of sp³-hybridized carbons (Fsp3) is 0.150. The van der Waals surface area contributed by atoms with E-state index in [0.29, 0.717) is 27.5 Å². The number of hydrogen-bond acceptors (Lipinski definition) is 3. The van der Waals surface area contributed by atoms with Gasteiger partial charge in [-0.15, -0.1) is 0 Å². The van der Waals surface area contributed by atoms with Crippen molar-refractivity contribution in [1.82, 2.24) is 9.88 Å². The molecule has 26 heavy (non-hydrogen) atoms. The van der Waals surface area contributed by atoms with Gasteiger partial charge in [-0.25, -0.2) is 0 Å². The Morgan fingerprint density at radius 3 is 2.38 bits per heavy atom. The molecule has 0 saturated carbocycles. The van der Waals surface area contributed by atoms with Crippen LogP contribution >= 0.6 is 11.6 Å². The third-order valence-electron chi connectivity index (χ3n) is 4.01. The lowest BCUT2D eigenvalue weighted by Gasteiger charge is -2.12. The van der Waals surface area contributed by atoms with Gasteiger partial charge in [0, 0.05) is 35.8 Å². The summed E-state index contributed by atoms with van der Waals surface area (Å²) in [6.45, 7) is 1.79. The predicted octanol–water partition coefficient (Wildman–Crippen LogP) is 4.15. The minimum Gasteiger partial charge on any atom is -0.345 e. The van der Waals surface area contributed by atoms with Crippen LogP contribution in [0.2, 0.25) is 5.02 Å². The zero-order chi connectivity index (χ0) is 18.8. The van der Waals surface area contributed by atoms with Crippen molar-refractivity contribution in [2.45, 2.75) is 6.92 Å². The molecule has 1 aromatic heterocycles. The average Bonchev–Trinajstić information content (AvgIpc) is 2.61. The van der Waals surface area contributed by atoms with Crippen LogP contribution in [-0.4, -0.2) is 35.8 Å². The van der Waals surface area contributed by atoms with E-state index in [1.165, 1.54) is 4.90 Å². The number of nitrogens with zero attached hydrogens (tertiary/aromatic N) is 2. The topological polar surface area (TPSA) is 62.3 Å². The molecular weight excluding hydrogens is 350 g/mol. The summed E-state index contributed by atoms with van der Waals surface area (Å²) in [6, 6.07) is 13.9. The van der Waals surface area contributed by atoms with Gasteiger partial charge in [0.2, 0.25) is 0 Å². The summed E-state index contributed by atoms with van der Waals surface area (Å²) in [5.74, 6) is -0.349. The minimum absolute atomic E-state index is 0.0886. The maximum atomic E-state index is 12.6. The fourth-order valence-corrected chi connectivity index (χ4v) is 2.81. The van der Waals surface area contributed by atoms with E-state index in [4.69, 9.17) is 11.6 Å². The average molecular weight is 368 g/mol. The summed E-state index contributed by atoms with van der Waals surface area (Å²) in [6.07, 6.45) is 0. The quantitative estimate of drug-likeness (QED) is 0.756. The standard InChI is InChI=1S/C20H18ClN3O2/c1-12-17(11-14-10-15(21)6-9-18(14)22-12)19(25)23-16-7-4-13(5-8-16)20(26)24(2)3/h4-11H,1-3H3,(H,23,25). The molecule has 0 spiro atoms. The van der Waals surface area contributed by atoms with Crippen molar-refractivity contribution >= 4 is 40.0 Å². The van der Waals surface area contributed by atoms with E-state index < -0.39 is 0 Å². The Hall–Kier alpha value is -2.92. The van der Waals surface area contributed by atoms with Gasteiger partial charge in [0.05, 0.1) is 16.8 Å². The first-order valence-electron chi connectivity index (χ1n) is 8.05. The summed E-state index contributed by atoms with van der Waals surface area (Å²) in [5.41, 5.74) is 3.07. The first-order valence-corrected chi connectivity index (χ1v) is 8.43. The van der Waals surface area contributed by atoms with Crippen molar-refractivity contribution in [2.24, 2.45) is 0 Å². The number of halogens is 1. The van der Waals surface area contributed by atoms with Crippen LogP contribution in [0.4, 0.5) is 5.69 Å². The highest BCUT2D eigenvalue weighted by Gasteiger charge is 2.13. The first-order chi connectivity index (χ1) is 12.3. The maximum Gasteiger partial charge on any atom is 0.257 e. The molecule has 0 aliphatic heterocycles. The van der Waals surface area contributed by atoms with Gasteiger partial charge in [-0.3, -0.25) is 14.6 Å². The zero-order valence-electron chi connectivity index (χ0n) is 14.7. The number of rotatable bonds is 3. The molecular formula is C20H18ClN3O2. The molecule has 0 unspecified atom stereocenters. The molecule has 0 aliphatic rings. The SMILES string of the molecule is Cc1nc2ccc(Cl)cc2cc1C(=O)Nc1ccc(C(=O)N(C)C)cc1. The molecule has 1 N–H and O–H groups in total. The molecule has 2 amide bonds. The Balaban J connectivity index is 1.85. The van der Waals surface area contributed by atoms with Crippen LogP contribution in [0.5, 0.6) is 0 Å². The number of hydrogen-bond donors (Lipinski definition) is 1. The molecule has 3 rings (SSSR count). The van der Waals surface area contributed by atoms with Crippen molar-refractivity contribution in [2.75, 3.05) is 19.4 Å². The maximum absolute atomic E-state index is 12.6. The third kappa shape index (κ3) is 3.68. The summed E-state index contributed by atoms with van der Waals surface area (Å²) >= 11 is 6.02. The van der Waals surface area contributed by atoms with Gasteiger partial charge < -0.3 is 10.2 Å². The highest BCUT2D eigenvalue weighted by atomic mass is 35.5. The molecule has 0 bridgehead atoms. The number of anilines is 1. The monoisotopic (exact) mass is 367 g/mol. The van der Waals surface area contributed by atoms with Crippen molar-refractivity contribution in [1.29, 1.82) is 0 Å². The van der Waals surface area contributed by atoms with E-state index >= 15 is 0 Å². The van der Waals surface area contributed by atoms with Gasteiger partial charge in [0.15, 0.2) is 0 Å². The van der Waals surface area contributed by atoms with E-state index in [0.717, 1.165) is 10.9 Å². The van der Waals surface area contributed by atoms with Crippen molar-refractivity contribution < 1.29 is 9.59 Å². The van der Waals surface area contributed by atoms with Gasteiger partial charge in [0.1, 0.15) is 0 Å². The van der Waals surface area contributed by atoms with Crippen LogP contribution in [-0.2, 0) is 0 Å². The van der Waals surface area contributed by atoms with Crippen molar-refractivity contribution in [3.63, 3.8) is 0 Å². The number of carbonyl (C=O) groups excluding carboxylic acids is 2. The molecule has 3 aromatic rings. The lowest BCUT2D eigenvalue weighted by atomic mass is 10.1. The molecule has 0 saturated heterocycles. The Bertz CT molecular complexity index is 998. The van der Waals surface area contributed by atoms with Crippen LogP contribution < -0.4 is 5.32 Å². The van der Waals surface area contributed by atoms with E-state index in [1.807, 2.05) is 6.07 Å². The molecule has 0 atom stereocenters. The number of amides is 2. The number of aryl methyl sites for hydroxylation is 1. The molecule has 2 aromatic carbocycles. The van der Waals surface area contributed by atoms with Crippen LogP contribution in [0.1, 0.15) is 26.4 Å². The molecule has 0 aliphatic carbocycles. The van der Waals surface area contributed by atoms with Crippen LogP contribution in [0.3, 0.4) is 0 Å². The molecule has 1 heterocycles. The van der Waals surface area contributed by atoms with Crippen LogP contribution in [0.15, 0.2) is 48.5 Å². The predicted molar refractivity (Wildman–Crippen MR) is 104 cm³/mol. The molecule has 132 valence electrons. The lowest BCUT2D eigenvalue weighted by molar-refractivity contribution is 0.0827. The molecule has 0 fully saturated rings. The van der Waals surface area contributed by atoms with Gasteiger partial charge in [-0.05, 0) is 55.5 Å². The number of nitrogens with one attached hydrogen (secondary N) is 1. The second kappa shape index (κ2) is 7.14. The fourth-order valence-electron chi connectivity index (χ4n) is 2.63. The van der Waals surface area contributed by atoms with Gasteiger partial charge >= 0.3 is 0 Å². The van der Waals surface area contributed by atoms with Crippen LogP contribution in [0.25, 0.3) is 10.9 Å². The normalized spacial score (nSPS) is 10.6. The second-order valence-corrected chi connectivity index (χ2v) is 6.63. The number of benzene rings is 2. The summed E-state index contributed by atoms with van der Waals surface area (Å²) in [5, 5.41) is 4.24. The Morgan fingerprint density at radius 2 is 1.73 bits per heavy atom. The van der Waals surface area contributed by atoms with Crippen LogP contribution in [0, 0.1) is 6.92 Å². The summed E-state index contributed by atoms with van der Waals surface area (Å²) in [7, 11) is 3.39. The number of fused-ring (bicyclic) bond motifs is 1. The Kier molecular flexibility index (Phi) is 4.91. The summed E-state index contributed by atoms with van der Waals surface area (Å²) in [4.78, 5) is 30.5. The van der Waals surface area contributed by atoms with E-state index in [9.17, 15) is 9.59 Å². The number of pyridine rings is 1. The lowest BCUT2D eigenvalue weighted by Crippen LogP contribution is -2.21. The van der Waals surface area contributed by atoms with Gasteiger partial charge in [-0.1, -0.05) is 11.6 Å². The molecule has 6 heteroatoms. The van der Waals surface area contributed by atoms with E-state index in [1.54, 1.807) is 63.5 Å². The highest BCUT2D eigenvalue weighted by Crippen LogP contribution is 2.21. The molecule has 5 nitrogen and oxygen atoms in total. The van der Waals surface area contributed by atoms with Crippen molar-refractivity contribution in [3.05, 3.63) is 70.4 Å². The van der Waals surface area contributed by atoms with E-state index in [2.05, 4.69) is 10.3 Å². The van der Waals surface area contributed by atoms with E-state index in [-0.39, 0.29) is 11.8 Å². The summed E-state index contributed by atoms with van der Waals surface area (Å²) < 4.78 is 0. The Morgan fingerprint density at radius 1 is 1.04 bits per heavy atom. The van der Waals surface area contributed by atoms with Gasteiger partial charge in [-0.2, -0.15) is 0 Å². The number of aromatic nitrogens is 1.